The van der Waals surface area contributed by atoms with Crippen LogP contribution in [0.1, 0.15) is 34.6 Å². The molecule has 2 aromatic carbocycles. The van der Waals surface area contributed by atoms with Crippen LogP contribution in [0.2, 0.25) is 0 Å². The van der Waals surface area contributed by atoms with Gasteiger partial charge in [0.1, 0.15) is 11.6 Å². The van der Waals surface area contributed by atoms with E-state index in [0.29, 0.717) is 22.3 Å². The van der Waals surface area contributed by atoms with Crippen LogP contribution in [0.15, 0.2) is 58.5 Å². The van der Waals surface area contributed by atoms with Crippen LogP contribution in [-0.2, 0) is 10.5 Å². The smallest absolute Gasteiger partial charge is 0.257 e. The Hall–Kier alpha value is -3.06. The molecule has 0 bridgehead atoms. The monoisotopic (exact) mass is 393 g/mol. The fourth-order valence-corrected chi connectivity index (χ4v) is 4.27. The minimum atomic E-state index is -0.393. The zero-order valence-electron chi connectivity index (χ0n) is 15.2. The number of amides is 1. The van der Waals surface area contributed by atoms with Gasteiger partial charge in [0, 0.05) is 18.1 Å². The van der Waals surface area contributed by atoms with Gasteiger partial charge >= 0.3 is 0 Å². The van der Waals surface area contributed by atoms with Crippen molar-refractivity contribution in [2.24, 2.45) is 0 Å². The van der Waals surface area contributed by atoms with E-state index >= 15 is 0 Å². The molecule has 1 amide bonds. The molecular weight excluding hydrogens is 374 g/mol. The third-order valence-electron chi connectivity index (χ3n) is 4.85. The molecule has 0 fully saturated rings. The van der Waals surface area contributed by atoms with Crippen molar-refractivity contribution in [2.75, 3.05) is 5.32 Å². The number of nitrogens with one attached hydrogen (secondary N) is 2. The van der Waals surface area contributed by atoms with Crippen molar-refractivity contribution in [1.82, 2.24) is 9.97 Å². The highest BCUT2D eigenvalue weighted by Gasteiger charge is 2.30. The summed E-state index contributed by atoms with van der Waals surface area (Å²) in [5.41, 5.74) is 3.33. The zero-order valence-corrected chi connectivity index (χ0v) is 16.0. The quantitative estimate of drug-likeness (QED) is 0.465. The zero-order chi connectivity index (χ0) is 19.7. The second kappa shape index (κ2) is 7.52. The number of aromatic nitrogens is 2. The predicted octanol–water partition coefficient (Wildman–Crippen LogP) is 3.55. The number of H-pyrrole nitrogens is 1. The Bertz CT molecular complexity index is 1090. The standard InChI is InChI=1S/C21H19N3O3S/c1-12-4-2-3-5-14(12)11-28-21-23-19-18(20(27)24-21)16(10-17(26)22-19)13-6-8-15(25)9-7-13/h2-9,16,25H,10-11H2,1H3,(H2,22,23,24,26,27). The summed E-state index contributed by atoms with van der Waals surface area (Å²) in [5.74, 6) is 0.545. The summed E-state index contributed by atoms with van der Waals surface area (Å²) in [5, 5.41) is 12.7. The molecule has 0 spiro atoms. The summed E-state index contributed by atoms with van der Waals surface area (Å²) in [6.45, 7) is 2.04. The number of benzene rings is 2. The van der Waals surface area contributed by atoms with E-state index in [9.17, 15) is 14.7 Å². The van der Waals surface area contributed by atoms with Crippen LogP contribution < -0.4 is 10.9 Å². The normalized spacial score (nSPS) is 15.8. The number of nitrogens with zero attached hydrogens (tertiary/aromatic N) is 1. The maximum Gasteiger partial charge on any atom is 0.257 e. The molecule has 7 heteroatoms. The SMILES string of the molecule is Cc1ccccc1CSc1nc2c(c(=O)[nH]1)C(c1ccc(O)cc1)CC(=O)N2. The molecule has 6 nitrogen and oxygen atoms in total. The fraction of sp³-hybridized carbons (Fsp3) is 0.190. The average Bonchev–Trinajstić information content (AvgIpc) is 2.67. The number of phenols is 1. The van der Waals surface area contributed by atoms with Crippen LogP contribution in [0.4, 0.5) is 5.82 Å². The minimum Gasteiger partial charge on any atom is -0.508 e. The van der Waals surface area contributed by atoms with Crippen LogP contribution in [0.5, 0.6) is 5.75 Å². The van der Waals surface area contributed by atoms with Gasteiger partial charge < -0.3 is 15.4 Å². The van der Waals surface area contributed by atoms with Gasteiger partial charge in [-0.15, -0.1) is 0 Å². The number of aromatic hydroxyl groups is 1. The lowest BCUT2D eigenvalue weighted by Crippen LogP contribution is -2.31. The van der Waals surface area contributed by atoms with Gasteiger partial charge in [-0.25, -0.2) is 4.98 Å². The molecule has 4 rings (SSSR count). The number of carbonyl (C=O) groups is 1. The molecule has 0 saturated carbocycles. The summed E-state index contributed by atoms with van der Waals surface area (Å²) >= 11 is 1.42. The van der Waals surface area contributed by atoms with E-state index in [4.69, 9.17) is 0 Å². The molecule has 1 aliphatic heterocycles. The molecule has 1 aliphatic rings. The molecule has 1 atom stereocenters. The summed E-state index contributed by atoms with van der Waals surface area (Å²) in [6.07, 6.45) is 0.165. The highest BCUT2D eigenvalue weighted by Crippen LogP contribution is 2.35. The van der Waals surface area contributed by atoms with E-state index < -0.39 is 5.92 Å². The Morgan fingerprint density at radius 1 is 1.14 bits per heavy atom. The Kier molecular flexibility index (Phi) is 4.92. The van der Waals surface area contributed by atoms with Crippen LogP contribution in [0.25, 0.3) is 0 Å². The Morgan fingerprint density at radius 2 is 1.89 bits per heavy atom. The van der Waals surface area contributed by atoms with Gasteiger partial charge in [-0.2, -0.15) is 0 Å². The lowest BCUT2D eigenvalue weighted by atomic mass is 9.87. The number of rotatable bonds is 4. The van der Waals surface area contributed by atoms with Crippen molar-refractivity contribution in [1.29, 1.82) is 0 Å². The lowest BCUT2D eigenvalue weighted by molar-refractivity contribution is -0.116. The van der Waals surface area contributed by atoms with Crippen molar-refractivity contribution in [3.05, 3.63) is 81.1 Å². The lowest BCUT2D eigenvalue weighted by Gasteiger charge is -2.24. The van der Waals surface area contributed by atoms with Crippen molar-refractivity contribution >= 4 is 23.5 Å². The summed E-state index contributed by atoms with van der Waals surface area (Å²) in [4.78, 5) is 32.3. The molecule has 3 N–H and O–H groups in total. The second-order valence-electron chi connectivity index (χ2n) is 6.74. The topological polar surface area (TPSA) is 95.1 Å². The molecule has 0 radical (unpaired) electrons. The van der Waals surface area contributed by atoms with Crippen molar-refractivity contribution in [2.45, 2.75) is 30.2 Å². The molecule has 1 unspecified atom stereocenters. The second-order valence-corrected chi connectivity index (χ2v) is 7.71. The van der Waals surface area contributed by atoms with Gasteiger partial charge in [-0.05, 0) is 35.7 Å². The number of carbonyl (C=O) groups excluding carboxylic acids is 1. The number of hydrogen-bond acceptors (Lipinski definition) is 5. The largest absolute Gasteiger partial charge is 0.508 e. The van der Waals surface area contributed by atoms with Gasteiger partial charge in [-0.3, -0.25) is 9.59 Å². The Morgan fingerprint density at radius 3 is 2.64 bits per heavy atom. The van der Waals surface area contributed by atoms with Crippen molar-refractivity contribution in [3.8, 4) is 5.75 Å². The maximum absolute atomic E-state index is 12.8. The van der Waals surface area contributed by atoms with Crippen LogP contribution >= 0.6 is 11.8 Å². The minimum absolute atomic E-state index is 0.138. The van der Waals surface area contributed by atoms with Gasteiger partial charge in [0.25, 0.3) is 5.56 Å². The first kappa shape index (κ1) is 18.3. The Labute approximate surface area is 166 Å². The summed E-state index contributed by atoms with van der Waals surface area (Å²) in [6, 6.07) is 14.6. The molecular formula is C21H19N3O3S. The molecule has 1 aromatic heterocycles. The number of thioether (sulfide) groups is 1. The number of hydrogen-bond donors (Lipinski definition) is 3. The summed E-state index contributed by atoms with van der Waals surface area (Å²) in [7, 11) is 0. The van der Waals surface area contributed by atoms with Crippen molar-refractivity contribution < 1.29 is 9.90 Å². The number of anilines is 1. The highest BCUT2D eigenvalue weighted by molar-refractivity contribution is 7.98. The number of aromatic amines is 1. The average molecular weight is 393 g/mol. The Balaban J connectivity index is 1.66. The van der Waals surface area contributed by atoms with E-state index in [1.807, 2.05) is 31.2 Å². The predicted molar refractivity (Wildman–Crippen MR) is 109 cm³/mol. The van der Waals surface area contributed by atoms with E-state index in [0.717, 1.165) is 5.56 Å². The number of phenolic OH excluding ortho intramolecular Hbond substituents is 1. The number of aryl methyl sites for hydroxylation is 1. The molecule has 2 heterocycles. The molecule has 28 heavy (non-hydrogen) atoms. The first-order chi connectivity index (χ1) is 13.5. The van der Waals surface area contributed by atoms with E-state index in [1.54, 1.807) is 24.3 Å². The van der Waals surface area contributed by atoms with Crippen LogP contribution in [0.3, 0.4) is 0 Å². The molecule has 142 valence electrons. The van der Waals surface area contributed by atoms with E-state index in [1.165, 1.54) is 22.9 Å². The fourth-order valence-electron chi connectivity index (χ4n) is 3.33. The first-order valence-electron chi connectivity index (χ1n) is 8.91. The van der Waals surface area contributed by atoms with Crippen molar-refractivity contribution in [3.63, 3.8) is 0 Å². The van der Waals surface area contributed by atoms with Gasteiger partial charge in [-0.1, -0.05) is 48.2 Å². The highest BCUT2D eigenvalue weighted by atomic mass is 32.2. The van der Waals surface area contributed by atoms with Crippen LogP contribution in [-0.4, -0.2) is 21.0 Å². The van der Waals surface area contributed by atoms with Gasteiger partial charge in [0.2, 0.25) is 5.91 Å². The maximum atomic E-state index is 12.8. The molecule has 3 aromatic rings. The number of fused-ring (bicyclic) bond motifs is 1. The van der Waals surface area contributed by atoms with Gasteiger partial charge in [0.15, 0.2) is 5.16 Å². The third-order valence-corrected chi connectivity index (χ3v) is 5.77. The third kappa shape index (κ3) is 3.66. The van der Waals surface area contributed by atoms with E-state index in [2.05, 4.69) is 15.3 Å². The van der Waals surface area contributed by atoms with Gasteiger partial charge in [0.05, 0.1) is 5.56 Å². The van der Waals surface area contributed by atoms with E-state index in [-0.39, 0.29) is 23.6 Å². The molecule has 0 saturated heterocycles. The van der Waals surface area contributed by atoms with Crippen LogP contribution in [0, 0.1) is 6.92 Å². The first-order valence-corrected chi connectivity index (χ1v) is 9.90. The molecule has 0 aliphatic carbocycles. The summed E-state index contributed by atoms with van der Waals surface area (Å²) < 4.78 is 0.